The summed E-state index contributed by atoms with van der Waals surface area (Å²) < 4.78 is 16.8. The maximum Gasteiger partial charge on any atom is 0.306 e. The molecule has 1 atom stereocenters. The summed E-state index contributed by atoms with van der Waals surface area (Å²) >= 11 is 0. The Labute approximate surface area is 427 Å². The Hall–Kier alpha value is -3.15. The van der Waals surface area contributed by atoms with Crippen LogP contribution in [0.15, 0.2) is 72.9 Å². The minimum absolute atomic E-state index is 0.0776. The Morgan fingerprint density at radius 3 is 0.942 bits per heavy atom. The van der Waals surface area contributed by atoms with Crippen molar-refractivity contribution in [2.45, 2.75) is 297 Å². The molecule has 0 saturated heterocycles. The summed E-state index contributed by atoms with van der Waals surface area (Å²) in [6, 6.07) is 0. The highest BCUT2D eigenvalue weighted by molar-refractivity contribution is 5.71. The van der Waals surface area contributed by atoms with Crippen molar-refractivity contribution < 1.29 is 28.6 Å². The molecule has 398 valence electrons. The number of rotatable bonds is 53. The van der Waals surface area contributed by atoms with E-state index >= 15 is 0 Å². The zero-order chi connectivity index (χ0) is 50.0. The van der Waals surface area contributed by atoms with Crippen molar-refractivity contribution in [1.29, 1.82) is 0 Å². The molecule has 0 aliphatic carbocycles. The third-order valence-corrected chi connectivity index (χ3v) is 12.7. The van der Waals surface area contributed by atoms with Gasteiger partial charge in [0.05, 0.1) is 0 Å². The molecule has 0 N–H and O–H groups in total. The molecule has 0 rings (SSSR count). The first-order valence-corrected chi connectivity index (χ1v) is 29.4. The topological polar surface area (TPSA) is 78.9 Å². The van der Waals surface area contributed by atoms with Crippen molar-refractivity contribution in [2.24, 2.45) is 0 Å². The summed E-state index contributed by atoms with van der Waals surface area (Å²) in [6.07, 6.45) is 73.5. The van der Waals surface area contributed by atoms with Gasteiger partial charge in [0.25, 0.3) is 0 Å². The molecule has 0 aliphatic heterocycles. The van der Waals surface area contributed by atoms with Gasteiger partial charge in [0.2, 0.25) is 0 Å². The van der Waals surface area contributed by atoms with Crippen molar-refractivity contribution in [3.8, 4) is 0 Å². The molecule has 1 unspecified atom stereocenters. The van der Waals surface area contributed by atoms with Crippen molar-refractivity contribution in [3.05, 3.63) is 72.9 Å². The molecule has 0 aromatic rings. The van der Waals surface area contributed by atoms with Crippen molar-refractivity contribution in [2.75, 3.05) is 13.2 Å². The van der Waals surface area contributed by atoms with Gasteiger partial charge in [-0.25, -0.2) is 0 Å². The summed E-state index contributed by atoms with van der Waals surface area (Å²) in [5, 5.41) is 0. The lowest BCUT2D eigenvalue weighted by Gasteiger charge is -2.18. The quantitative estimate of drug-likeness (QED) is 0.0262. The average molecular weight is 964 g/mol. The average Bonchev–Trinajstić information content (AvgIpc) is 3.35. The molecular formula is C63H110O6. The highest BCUT2D eigenvalue weighted by atomic mass is 16.6. The minimum Gasteiger partial charge on any atom is -0.462 e. The van der Waals surface area contributed by atoms with E-state index in [1.165, 1.54) is 135 Å². The molecule has 6 nitrogen and oxygen atoms in total. The third-order valence-electron chi connectivity index (χ3n) is 12.7. The molecule has 0 saturated carbocycles. The lowest BCUT2D eigenvalue weighted by molar-refractivity contribution is -0.167. The van der Waals surface area contributed by atoms with E-state index in [1.807, 2.05) is 0 Å². The molecule has 0 radical (unpaired) electrons. The number of carbonyl (C=O) groups is 3. The first-order chi connectivity index (χ1) is 34.0. The Morgan fingerprint density at radius 2 is 0.594 bits per heavy atom. The van der Waals surface area contributed by atoms with Gasteiger partial charge in [-0.05, 0) is 83.5 Å². The van der Waals surface area contributed by atoms with Gasteiger partial charge in [0, 0.05) is 19.3 Å². The summed E-state index contributed by atoms with van der Waals surface area (Å²) in [4.78, 5) is 38.0. The largest absolute Gasteiger partial charge is 0.462 e. The predicted molar refractivity (Wildman–Crippen MR) is 298 cm³/mol. The Balaban J connectivity index is 4.10. The van der Waals surface area contributed by atoms with Crippen LogP contribution in [0.4, 0.5) is 0 Å². The SMILES string of the molecule is CC/C=C\C/C=C\C/C=C\C/C=C\CCCCCCCCCCCCCCCCCCC(=O)OCC(COC(=O)CCCCCCCCCCC)OC(=O)CCCCCCC/C=C\C/C=C\CCC. The molecule has 6 heteroatoms. The number of unbranched alkanes of at least 4 members (excludes halogenated alkanes) is 30. The summed E-state index contributed by atoms with van der Waals surface area (Å²) in [5.74, 6) is -0.886. The van der Waals surface area contributed by atoms with Crippen LogP contribution in [0.1, 0.15) is 290 Å². The van der Waals surface area contributed by atoms with E-state index in [4.69, 9.17) is 14.2 Å². The fourth-order valence-corrected chi connectivity index (χ4v) is 8.30. The maximum atomic E-state index is 12.8. The first kappa shape index (κ1) is 65.8. The van der Waals surface area contributed by atoms with E-state index in [-0.39, 0.29) is 31.1 Å². The van der Waals surface area contributed by atoms with Gasteiger partial charge in [0.15, 0.2) is 6.10 Å². The van der Waals surface area contributed by atoms with Crippen LogP contribution in [0.5, 0.6) is 0 Å². The first-order valence-electron chi connectivity index (χ1n) is 29.4. The number of carbonyl (C=O) groups excluding carboxylic acids is 3. The van der Waals surface area contributed by atoms with E-state index in [0.29, 0.717) is 19.3 Å². The Bertz CT molecular complexity index is 1290. The fourth-order valence-electron chi connectivity index (χ4n) is 8.30. The lowest BCUT2D eigenvalue weighted by Crippen LogP contribution is -2.30. The van der Waals surface area contributed by atoms with Crippen molar-refractivity contribution >= 4 is 17.9 Å². The van der Waals surface area contributed by atoms with E-state index in [0.717, 1.165) is 116 Å². The molecule has 69 heavy (non-hydrogen) atoms. The highest BCUT2D eigenvalue weighted by Gasteiger charge is 2.19. The maximum absolute atomic E-state index is 12.8. The van der Waals surface area contributed by atoms with Crippen molar-refractivity contribution in [3.63, 3.8) is 0 Å². The molecule has 0 spiro atoms. The molecule has 0 aromatic heterocycles. The van der Waals surface area contributed by atoms with Crippen LogP contribution in [0.25, 0.3) is 0 Å². The van der Waals surface area contributed by atoms with Crippen LogP contribution in [-0.4, -0.2) is 37.2 Å². The zero-order valence-electron chi connectivity index (χ0n) is 45.6. The smallest absolute Gasteiger partial charge is 0.306 e. The molecule has 0 aliphatic rings. The number of hydrogen-bond donors (Lipinski definition) is 0. The number of allylic oxidation sites excluding steroid dienone is 12. The van der Waals surface area contributed by atoms with Gasteiger partial charge in [-0.3, -0.25) is 14.4 Å². The highest BCUT2D eigenvalue weighted by Crippen LogP contribution is 2.16. The van der Waals surface area contributed by atoms with Gasteiger partial charge in [-0.15, -0.1) is 0 Å². The second kappa shape index (κ2) is 57.4. The van der Waals surface area contributed by atoms with Gasteiger partial charge in [-0.1, -0.05) is 261 Å². The Kier molecular flexibility index (Phi) is 54.8. The second-order valence-corrected chi connectivity index (χ2v) is 19.5. The van der Waals surface area contributed by atoms with Crippen LogP contribution in [0.3, 0.4) is 0 Å². The van der Waals surface area contributed by atoms with Gasteiger partial charge in [-0.2, -0.15) is 0 Å². The standard InChI is InChI=1S/C63H110O6/c1-4-7-10-13-16-19-21-23-24-25-26-27-28-29-30-31-32-33-34-35-36-37-38-40-41-44-47-50-53-56-62(65)68-59-60(58-67-61(64)55-52-49-46-43-18-15-12-9-6-3)69-63(66)57-54-51-48-45-42-39-22-20-17-14-11-8-5-2/h7,10-11,14,16,19-20,22-24,26-27,60H,4-6,8-9,12-13,15,17-18,21,25,28-59H2,1-3H3/b10-7-,14-11-,19-16-,22-20-,24-23-,27-26-. The van der Waals surface area contributed by atoms with Gasteiger partial charge < -0.3 is 14.2 Å². The lowest BCUT2D eigenvalue weighted by atomic mass is 10.0. The monoisotopic (exact) mass is 963 g/mol. The zero-order valence-corrected chi connectivity index (χ0v) is 45.6. The van der Waals surface area contributed by atoms with Crippen molar-refractivity contribution in [1.82, 2.24) is 0 Å². The van der Waals surface area contributed by atoms with Gasteiger partial charge >= 0.3 is 17.9 Å². The summed E-state index contributed by atoms with van der Waals surface area (Å²) in [7, 11) is 0. The van der Waals surface area contributed by atoms with Crippen LogP contribution in [-0.2, 0) is 28.6 Å². The fraction of sp³-hybridized carbons (Fsp3) is 0.762. The molecule has 0 bridgehead atoms. The van der Waals surface area contributed by atoms with E-state index in [9.17, 15) is 14.4 Å². The predicted octanol–water partition coefficient (Wildman–Crippen LogP) is 19.8. The number of ether oxygens (including phenoxy) is 3. The van der Waals surface area contributed by atoms with Crippen LogP contribution in [0.2, 0.25) is 0 Å². The Morgan fingerprint density at radius 1 is 0.304 bits per heavy atom. The van der Waals surface area contributed by atoms with E-state index < -0.39 is 6.10 Å². The molecule has 0 fully saturated rings. The normalized spacial score (nSPS) is 12.6. The second-order valence-electron chi connectivity index (χ2n) is 19.5. The summed E-state index contributed by atoms with van der Waals surface area (Å²) in [5.41, 5.74) is 0. The molecule has 0 amide bonds. The van der Waals surface area contributed by atoms with E-state index in [2.05, 4.69) is 93.7 Å². The number of esters is 3. The van der Waals surface area contributed by atoms with Gasteiger partial charge in [0.1, 0.15) is 13.2 Å². The molecule has 0 heterocycles. The number of hydrogen-bond acceptors (Lipinski definition) is 6. The summed E-state index contributed by atoms with van der Waals surface area (Å²) in [6.45, 7) is 6.45. The molecule has 0 aromatic carbocycles. The molecular weight excluding hydrogens is 853 g/mol. The van der Waals surface area contributed by atoms with E-state index in [1.54, 1.807) is 0 Å². The minimum atomic E-state index is -0.778. The van der Waals surface area contributed by atoms with Crippen LogP contribution in [0, 0.1) is 0 Å². The third kappa shape index (κ3) is 55.6. The van der Waals surface area contributed by atoms with Crippen LogP contribution >= 0.6 is 0 Å². The van der Waals surface area contributed by atoms with Crippen LogP contribution < -0.4 is 0 Å².